The molecule has 19 heavy (non-hydrogen) atoms. The first kappa shape index (κ1) is 15.5. The van der Waals surface area contributed by atoms with Gasteiger partial charge in [-0.3, -0.25) is 4.79 Å². The van der Waals surface area contributed by atoms with E-state index in [1.54, 1.807) is 12.0 Å². The molecule has 1 amide bonds. The van der Waals surface area contributed by atoms with Crippen molar-refractivity contribution in [2.45, 2.75) is 33.7 Å². The lowest BCUT2D eigenvalue weighted by Crippen LogP contribution is -2.28. The van der Waals surface area contributed by atoms with Gasteiger partial charge in [0.05, 0.1) is 7.11 Å². The molecule has 0 aliphatic rings. The third-order valence-corrected chi connectivity index (χ3v) is 3.61. The van der Waals surface area contributed by atoms with Crippen LogP contribution in [0.2, 0.25) is 0 Å². The van der Waals surface area contributed by atoms with Crippen LogP contribution in [0.5, 0.6) is 5.75 Å². The zero-order valence-electron chi connectivity index (χ0n) is 12.5. The number of carbonyl (C=O) groups excluding carboxylic acids is 1. The predicted molar refractivity (Wildman–Crippen MR) is 77.4 cm³/mol. The summed E-state index contributed by atoms with van der Waals surface area (Å²) < 4.78 is 5.36. The molecule has 0 atom stereocenters. The normalized spacial score (nSPS) is 10.4. The van der Waals surface area contributed by atoms with Gasteiger partial charge in [0.15, 0.2) is 0 Å². The van der Waals surface area contributed by atoms with E-state index in [0.717, 1.165) is 16.9 Å². The average molecular weight is 264 g/mol. The highest BCUT2D eigenvalue weighted by Crippen LogP contribution is 2.28. The largest absolute Gasteiger partial charge is 0.496 e. The SMILES string of the molecule is COc1cc(C)c(CN(C)C(=O)CCN)c(C)c1C. The summed E-state index contributed by atoms with van der Waals surface area (Å²) in [6, 6.07) is 2.03. The van der Waals surface area contributed by atoms with Gasteiger partial charge in [-0.25, -0.2) is 0 Å². The van der Waals surface area contributed by atoms with E-state index in [1.807, 2.05) is 27.0 Å². The third-order valence-electron chi connectivity index (χ3n) is 3.61. The van der Waals surface area contributed by atoms with Gasteiger partial charge >= 0.3 is 0 Å². The summed E-state index contributed by atoms with van der Waals surface area (Å²) in [6.45, 7) is 7.16. The maximum Gasteiger partial charge on any atom is 0.223 e. The summed E-state index contributed by atoms with van der Waals surface area (Å²) in [6.07, 6.45) is 0.393. The van der Waals surface area contributed by atoms with Gasteiger partial charge in [0.2, 0.25) is 5.91 Å². The van der Waals surface area contributed by atoms with Crippen LogP contribution in [0.15, 0.2) is 6.07 Å². The Bertz CT molecular complexity index is 470. The Balaban J connectivity index is 3.02. The van der Waals surface area contributed by atoms with Crippen molar-refractivity contribution in [1.82, 2.24) is 4.90 Å². The van der Waals surface area contributed by atoms with Crippen molar-refractivity contribution >= 4 is 5.91 Å². The maximum atomic E-state index is 11.8. The first-order chi connectivity index (χ1) is 8.92. The second-order valence-electron chi connectivity index (χ2n) is 4.91. The number of carbonyl (C=O) groups is 1. The molecule has 0 spiro atoms. The molecule has 0 bridgehead atoms. The van der Waals surface area contributed by atoms with Gasteiger partial charge in [0, 0.05) is 26.6 Å². The van der Waals surface area contributed by atoms with E-state index in [2.05, 4.69) is 6.92 Å². The molecule has 0 aliphatic carbocycles. The van der Waals surface area contributed by atoms with Crippen molar-refractivity contribution in [3.05, 3.63) is 28.3 Å². The molecular formula is C15H24N2O2. The van der Waals surface area contributed by atoms with E-state index < -0.39 is 0 Å². The zero-order valence-corrected chi connectivity index (χ0v) is 12.5. The Labute approximate surface area is 115 Å². The molecule has 0 fully saturated rings. The number of hydrogen-bond acceptors (Lipinski definition) is 3. The predicted octanol–water partition coefficient (Wildman–Crippen LogP) is 1.93. The maximum absolute atomic E-state index is 11.8. The Morgan fingerprint density at radius 3 is 2.47 bits per heavy atom. The lowest BCUT2D eigenvalue weighted by molar-refractivity contribution is -0.130. The quantitative estimate of drug-likeness (QED) is 0.884. The lowest BCUT2D eigenvalue weighted by atomic mass is 9.97. The Hall–Kier alpha value is -1.55. The number of benzene rings is 1. The molecular weight excluding hydrogens is 240 g/mol. The first-order valence-electron chi connectivity index (χ1n) is 6.50. The first-order valence-corrected chi connectivity index (χ1v) is 6.50. The Kier molecular flexibility index (Phi) is 5.36. The van der Waals surface area contributed by atoms with Crippen LogP contribution in [0, 0.1) is 20.8 Å². The number of amides is 1. The average Bonchev–Trinajstić information content (AvgIpc) is 2.38. The molecule has 0 radical (unpaired) electrons. The van der Waals surface area contributed by atoms with E-state index in [9.17, 15) is 4.79 Å². The van der Waals surface area contributed by atoms with Crippen LogP contribution in [-0.2, 0) is 11.3 Å². The van der Waals surface area contributed by atoms with Crippen molar-refractivity contribution in [3.63, 3.8) is 0 Å². The van der Waals surface area contributed by atoms with Gasteiger partial charge < -0.3 is 15.4 Å². The molecule has 0 heterocycles. The van der Waals surface area contributed by atoms with Crippen molar-refractivity contribution in [2.75, 3.05) is 20.7 Å². The van der Waals surface area contributed by atoms with Gasteiger partial charge in [-0.2, -0.15) is 0 Å². The second-order valence-corrected chi connectivity index (χ2v) is 4.91. The number of ether oxygens (including phenoxy) is 1. The monoisotopic (exact) mass is 264 g/mol. The topological polar surface area (TPSA) is 55.6 Å². The van der Waals surface area contributed by atoms with E-state index in [1.165, 1.54) is 11.1 Å². The highest BCUT2D eigenvalue weighted by molar-refractivity contribution is 5.76. The third kappa shape index (κ3) is 3.47. The van der Waals surface area contributed by atoms with Gasteiger partial charge in [-0.05, 0) is 49.1 Å². The summed E-state index contributed by atoms with van der Waals surface area (Å²) in [4.78, 5) is 13.5. The Morgan fingerprint density at radius 2 is 1.95 bits per heavy atom. The van der Waals surface area contributed by atoms with Crippen LogP contribution < -0.4 is 10.5 Å². The molecule has 4 nitrogen and oxygen atoms in total. The number of nitrogens with two attached hydrogens (primary N) is 1. The van der Waals surface area contributed by atoms with Gasteiger partial charge in [0.1, 0.15) is 5.75 Å². The van der Waals surface area contributed by atoms with Crippen molar-refractivity contribution < 1.29 is 9.53 Å². The van der Waals surface area contributed by atoms with E-state index in [-0.39, 0.29) is 5.91 Å². The summed E-state index contributed by atoms with van der Waals surface area (Å²) in [7, 11) is 3.49. The number of nitrogens with zero attached hydrogens (tertiary/aromatic N) is 1. The van der Waals surface area contributed by atoms with Crippen molar-refractivity contribution in [1.29, 1.82) is 0 Å². The lowest BCUT2D eigenvalue weighted by Gasteiger charge is -2.22. The molecule has 0 saturated heterocycles. The second kappa shape index (κ2) is 6.57. The number of methoxy groups -OCH3 is 1. The molecule has 4 heteroatoms. The molecule has 1 aromatic carbocycles. The number of hydrogen-bond donors (Lipinski definition) is 1. The fourth-order valence-electron chi connectivity index (χ4n) is 2.19. The fourth-order valence-corrected chi connectivity index (χ4v) is 2.19. The van der Waals surface area contributed by atoms with Gasteiger partial charge in [-0.15, -0.1) is 0 Å². The standard InChI is InChI=1S/C15H24N2O2/c1-10-8-14(19-5)12(3)11(2)13(10)9-17(4)15(18)6-7-16/h8H,6-7,9,16H2,1-5H3. The molecule has 106 valence electrons. The summed E-state index contributed by atoms with van der Waals surface area (Å²) in [5, 5.41) is 0. The van der Waals surface area contributed by atoms with Crippen LogP contribution in [0.25, 0.3) is 0 Å². The molecule has 0 saturated carbocycles. The summed E-state index contributed by atoms with van der Waals surface area (Å²) >= 11 is 0. The van der Waals surface area contributed by atoms with E-state index >= 15 is 0 Å². The minimum atomic E-state index is 0.0785. The van der Waals surface area contributed by atoms with Crippen LogP contribution >= 0.6 is 0 Å². The van der Waals surface area contributed by atoms with E-state index in [4.69, 9.17) is 10.5 Å². The van der Waals surface area contributed by atoms with Crippen molar-refractivity contribution in [2.24, 2.45) is 5.73 Å². The minimum absolute atomic E-state index is 0.0785. The van der Waals surface area contributed by atoms with Crippen LogP contribution in [0.1, 0.15) is 28.7 Å². The number of aryl methyl sites for hydroxylation is 1. The molecule has 0 aromatic heterocycles. The van der Waals surface area contributed by atoms with Crippen molar-refractivity contribution in [3.8, 4) is 5.75 Å². The van der Waals surface area contributed by atoms with Crippen LogP contribution in [0.4, 0.5) is 0 Å². The Morgan fingerprint density at radius 1 is 1.32 bits per heavy atom. The van der Waals surface area contributed by atoms with Gasteiger partial charge in [0.25, 0.3) is 0 Å². The summed E-state index contributed by atoms with van der Waals surface area (Å²) in [5.41, 5.74) is 10.1. The fraction of sp³-hybridized carbons (Fsp3) is 0.533. The molecule has 1 rings (SSSR count). The molecule has 2 N–H and O–H groups in total. The minimum Gasteiger partial charge on any atom is -0.496 e. The molecule has 0 unspecified atom stereocenters. The zero-order chi connectivity index (χ0) is 14.6. The molecule has 0 aliphatic heterocycles. The van der Waals surface area contributed by atoms with Crippen LogP contribution in [0.3, 0.4) is 0 Å². The highest BCUT2D eigenvalue weighted by Gasteiger charge is 2.14. The van der Waals surface area contributed by atoms with Gasteiger partial charge in [-0.1, -0.05) is 0 Å². The van der Waals surface area contributed by atoms with E-state index in [0.29, 0.717) is 19.5 Å². The van der Waals surface area contributed by atoms with Crippen LogP contribution in [-0.4, -0.2) is 31.5 Å². The number of rotatable bonds is 5. The smallest absolute Gasteiger partial charge is 0.223 e. The molecule has 1 aromatic rings. The highest BCUT2D eigenvalue weighted by atomic mass is 16.5. The summed E-state index contributed by atoms with van der Waals surface area (Å²) in [5.74, 6) is 0.976.